The van der Waals surface area contributed by atoms with Crippen LogP contribution < -0.4 is 16.5 Å². The molecule has 25 heavy (non-hydrogen) atoms. The predicted octanol–water partition coefficient (Wildman–Crippen LogP) is 2.37. The van der Waals surface area contributed by atoms with Crippen molar-refractivity contribution in [3.05, 3.63) is 76.1 Å². The van der Waals surface area contributed by atoms with E-state index >= 15 is 0 Å². The van der Waals surface area contributed by atoms with Gasteiger partial charge in [0.1, 0.15) is 5.56 Å². The van der Waals surface area contributed by atoms with Gasteiger partial charge >= 0.3 is 0 Å². The Hall–Kier alpha value is -3.41. The number of benzene rings is 2. The summed E-state index contributed by atoms with van der Waals surface area (Å²) in [6.07, 6.45) is 1.57. The van der Waals surface area contributed by atoms with Crippen molar-refractivity contribution in [3.8, 4) is 0 Å². The summed E-state index contributed by atoms with van der Waals surface area (Å²) in [5.74, 6) is -1.04. The molecule has 0 fully saturated rings. The van der Waals surface area contributed by atoms with E-state index in [1.165, 1.54) is 12.1 Å². The first-order valence-corrected chi connectivity index (χ1v) is 7.84. The number of aryl methyl sites for hydroxylation is 1. The first kappa shape index (κ1) is 16.4. The van der Waals surface area contributed by atoms with Crippen molar-refractivity contribution in [2.75, 3.05) is 5.32 Å². The second kappa shape index (κ2) is 6.60. The van der Waals surface area contributed by atoms with Crippen LogP contribution in [0.3, 0.4) is 0 Å². The number of hydrogen-bond donors (Lipinski definition) is 2. The van der Waals surface area contributed by atoms with Gasteiger partial charge in [-0.25, -0.2) is 0 Å². The van der Waals surface area contributed by atoms with E-state index in [1.54, 1.807) is 30.5 Å². The zero-order valence-corrected chi connectivity index (χ0v) is 13.7. The number of primary amides is 1. The average Bonchev–Trinajstić information content (AvgIpc) is 2.62. The number of aromatic nitrogens is 1. The van der Waals surface area contributed by atoms with Gasteiger partial charge < -0.3 is 15.6 Å². The summed E-state index contributed by atoms with van der Waals surface area (Å²) in [4.78, 5) is 36.3. The summed E-state index contributed by atoms with van der Waals surface area (Å²) in [6, 6.07) is 13.4. The number of pyridine rings is 1. The molecule has 0 aliphatic heterocycles. The van der Waals surface area contributed by atoms with Crippen molar-refractivity contribution in [1.82, 2.24) is 4.57 Å². The minimum absolute atomic E-state index is 0.0690. The smallest absolute Gasteiger partial charge is 0.261 e. The zero-order chi connectivity index (χ0) is 18.0. The molecule has 3 N–H and O–H groups in total. The highest BCUT2D eigenvalue weighted by Gasteiger charge is 2.15. The second-order valence-electron chi connectivity index (χ2n) is 5.57. The van der Waals surface area contributed by atoms with Crippen LogP contribution in [0.5, 0.6) is 0 Å². The van der Waals surface area contributed by atoms with Crippen molar-refractivity contribution in [3.63, 3.8) is 0 Å². The summed E-state index contributed by atoms with van der Waals surface area (Å²) < 4.78 is 1.86. The zero-order valence-electron chi connectivity index (χ0n) is 13.7. The monoisotopic (exact) mass is 335 g/mol. The average molecular weight is 335 g/mol. The fourth-order valence-corrected chi connectivity index (χ4v) is 2.68. The van der Waals surface area contributed by atoms with Crippen molar-refractivity contribution < 1.29 is 9.59 Å². The maximum absolute atomic E-state index is 12.6. The van der Waals surface area contributed by atoms with Crippen molar-refractivity contribution >= 4 is 28.4 Å². The highest BCUT2D eigenvalue weighted by atomic mass is 16.2. The standard InChI is InChI=1S/C19H17N3O3/c1-2-22-11-15(17(23)14-5-3-4-6-16(14)22)19(25)21-13-9-7-12(8-10-13)18(20)24/h3-11H,2H2,1H3,(H2,20,24)(H,21,25). The van der Waals surface area contributed by atoms with Crippen LogP contribution in [-0.4, -0.2) is 16.4 Å². The predicted molar refractivity (Wildman–Crippen MR) is 96.8 cm³/mol. The number of anilines is 1. The number of nitrogens with zero attached hydrogens (tertiary/aromatic N) is 1. The molecule has 0 unspecified atom stereocenters. The second-order valence-corrected chi connectivity index (χ2v) is 5.57. The Morgan fingerprint density at radius 1 is 1.08 bits per heavy atom. The molecule has 0 bridgehead atoms. The van der Waals surface area contributed by atoms with Gasteiger partial charge in [-0.3, -0.25) is 14.4 Å². The van der Waals surface area contributed by atoms with Gasteiger partial charge in [-0.2, -0.15) is 0 Å². The number of para-hydroxylation sites is 1. The Morgan fingerprint density at radius 2 is 1.76 bits per heavy atom. The van der Waals surface area contributed by atoms with E-state index in [2.05, 4.69) is 5.32 Å². The van der Waals surface area contributed by atoms with E-state index in [0.29, 0.717) is 23.2 Å². The Balaban J connectivity index is 1.98. The van der Waals surface area contributed by atoms with E-state index in [-0.39, 0.29) is 11.0 Å². The normalized spacial score (nSPS) is 10.6. The van der Waals surface area contributed by atoms with Gasteiger partial charge in [-0.15, -0.1) is 0 Å². The molecule has 0 aliphatic carbocycles. The molecule has 3 rings (SSSR count). The Kier molecular flexibility index (Phi) is 4.35. The maximum atomic E-state index is 12.6. The van der Waals surface area contributed by atoms with Gasteiger partial charge in [0.05, 0.1) is 5.52 Å². The molecular weight excluding hydrogens is 318 g/mol. The van der Waals surface area contributed by atoms with E-state index in [9.17, 15) is 14.4 Å². The molecule has 1 aromatic heterocycles. The molecule has 6 heteroatoms. The number of rotatable bonds is 4. The van der Waals surface area contributed by atoms with Gasteiger partial charge in [0, 0.05) is 29.4 Å². The molecule has 3 aromatic rings. The third-order valence-corrected chi connectivity index (χ3v) is 4.00. The van der Waals surface area contributed by atoms with Gasteiger partial charge in [-0.05, 0) is 43.3 Å². The van der Waals surface area contributed by atoms with Gasteiger partial charge in [0.2, 0.25) is 11.3 Å². The molecule has 2 amide bonds. The van der Waals surface area contributed by atoms with Crippen molar-refractivity contribution in [2.24, 2.45) is 5.73 Å². The van der Waals surface area contributed by atoms with E-state index in [4.69, 9.17) is 5.73 Å². The topological polar surface area (TPSA) is 94.2 Å². The van der Waals surface area contributed by atoms with Crippen LogP contribution in [0.25, 0.3) is 10.9 Å². The van der Waals surface area contributed by atoms with Crippen LogP contribution in [0.1, 0.15) is 27.6 Å². The van der Waals surface area contributed by atoms with Gasteiger partial charge in [-0.1, -0.05) is 12.1 Å². The van der Waals surface area contributed by atoms with Gasteiger partial charge in [0.25, 0.3) is 5.91 Å². The molecule has 0 aliphatic rings. The molecule has 0 saturated heterocycles. The van der Waals surface area contributed by atoms with Crippen LogP contribution in [0, 0.1) is 0 Å². The first-order chi connectivity index (χ1) is 12.0. The molecule has 2 aromatic carbocycles. The third kappa shape index (κ3) is 3.14. The molecular formula is C19H17N3O3. The lowest BCUT2D eigenvalue weighted by Gasteiger charge is -2.12. The minimum Gasteiger partial charge on any atom is -0.366 e. The number of fused-ring (bicyclic) bond motifs is 1. The summed E-state index contributed by atoms with van der Waals surface area (Å²) >= 11 is 0. The van der Waals surface area contributed by atoms with E-state index in [1.807, 2.05) is 23.6 Å². The van der Waals surface area contributed by atoms with Gasteiger partial charge in [0.15, 0.2) is 0 Å². The van der Waals surface area contributed by atoms with Crippen molar-refractivity contribution in [1.29, 1.82) is 0 Å². The van der Waals surface area contributed by atoms with Crippen molar-refractivity contribution in [2.45, 2.75) is 13.5 Å². The van der Waals surface area contributed by atoms with Crippen LogP contribution in [0.4, 0.5) is 5.69 Å². The lowest BCUT2D eigenvalue weighted by atomic mass is 10.1. The van der Waals surface area contributed by atoms with Crippen LogP contribution >= 0.6 is 0 Å². The number of hydrogen-bond acceptors (Lipinski definition) is 3. The molecule has 0 radical (unpaired) electrons. The lowest BCUT2D eigenvalue weighted by Crippen LogP contribution is -2.24. The molecule has 0 saturated carbocycles. The largest absolute Gasteiger partial charge is 0.366 e. The first-order valence-electron chi connectivity index (χ1n) is 7.84. The molecule has 0 atom stereocenters. The fraction of sp³-hybridized carbons (Fsp3) is 0.105. The Morgan fingerprint density at radius 3 is 2.40 bits per heavy atom. The molecule has 0 spiro atoms. The Labute approximate surface area is 143 Å². The summed E-state index contributed by atoms with van der Waals surface area (Å²) in [5, 5.41) is 3.18. The number of nitrogens with one attached hydrogen (secondary N) is 1. The van der Waals surface area contributed by atoms with E-state index < -0.39 is 11.8 Å². The quantitative estimate of drug-likeness (QED) is 0.766. The van der Waals surface area contributed by atoms with E-state index in [0.717, 1.165) is 5.52 Å². The summed E-state index contributed by atoms with van der Waals surface area (Å²) in [5.41, 5.74) is 6.56. The van der Waals surface area contributed by atoms with Crippen LogP contribution in [0.15, 0.2) is 59.5 Å². The summed E-state index contributed by atoms with van der Waals surface area (Å²) in [7, 11) is 0. The highest BCUT2D eigenvalue weighted by molar-refractivity contribution is 6.06. The Bertz CT molecular complexity index is 1020. The number of nitrogens with two attached hydrogens (primary N) is 1. The lowest BCUT2D eigenvalue weighted by molar-refractivity contribution is 0.0998. The number of carbonyl (C=O) groups excluding carboxylic acids is 2. The molecule has 6 nitrogen and oxygen atoms in total. The molecule has 1 heterocycles. The fourth-order valence-electron chi connectivity index (χ4n) is 2.68. The molecule has 126 valence electrons. The van der Waals surface area contributed by atoms with Crippen LogP contribution in [-0.2, 0) is 6.54 Å². The SMILES string of the molecule is CCn1cc(C(=O)Nc2ccc(C(N)=O)cc2)c(=O)c2ccccc21. The number of amides is 2. The minimum atomic E-state index is -0.543. The highest BCUT2D eigenvalue weighted by Crippen LogP contribution is 2.14. The third-order valence-electron chi connectivity index (χ3n) is 4.00. The summed E-state index contributed by atoms with van der Waals surface area (Å²) in [6.45, 7) is 2.58. The van der Waals surface area contributed by atoms with Crippen LogP contribution in [0.2, 0.25) is 0 Å². The maximum Gasteiger partial charge on any atom is 0.261 e. The number of carbonyl (C=O) groups is 2.